The maximum atomic E-state index is 10.8. The van der Waals surface area contributed by atoms with Gasteiger partial charge in [0, 0.05) is 12.1 Å². The van der Waals surface area contributed by atoms with Crippen molar-refractivity contribution in [3.8, 4) is 5.75 Å². The third-order valence-corrected chi connectivity index (χ3v) is 2.01. The number of ether oxygens (including phenoxy) is 1. The van der Waals surface area contributed by atoms with Gasteiger partial charge in [-0.05, 0) is 0 Å². The van der Waals surface area contributed by atoms with Crippen molar-refractivity contribution < 1.29 is 25.1 Å². The standard InChI is InChI=1S/C8H8ClNO5/c1-15-7-5(8(11)12)2-4(10(13)14)3-6(7)9/h2-3,10,13H,1H3,(H,11,12). The Kier molecular flexibility index (Phi) is 3.48. The Morgan fingerprint density at radius 3 is 2.60 bits per heavy atom. The second-order valence-corrected chi connectivity index (χ2v) is 3.06. The molecule has 1 unspecified atom stereocenters. The van der Waals surface area contributed by atoms with Gasteiger partial charge in [-0.25, -0.2) is 10.0 Å². The fourth-order valence-corrected chi connectivity index (χ4v) is 1.38. The van der Waals surface area contributed by atoms with Crippen LogP contribution in [0.5, 0.6) is 5.75 Å². The first-order valence-electron chi connectivity index (χ1n) is 3.81. The summed E-state index contributed by atoms with van der Waals surface area (Å²) in [6.07, 6.45) is 0. The first-order valence-corrected chi connectivity index (χ1v) is 4.19. The molecule has 0 heterocycles. The highest BCUT2D eigenvalue weighted by Gasteiger charge is 2.18. The number of aromatic carboxylic acids is 1. The lowest BCUT2D eigenvalue weighted by molar-refractivity contribution is -0.991. The molecule has 7 heteroatoms. The van der Waals surface area contributed by atoms with Crippen molar-refractivity contribution >= 4 is 23.3 Å². The van der Waals surface area contributed by atoms with Crippen LogP contribution in [0.3, 0.4) is 0 Å². The molecule has 0 aliphatic rings. The number of hydrogen-bond acceptors (Lipinski definition) is 4. The molecule has 0 spiro atoms. The monoisotopic (exact) mass is 233 g/mol. The normalized spacial score (nSPS) is 12.3. The van der Waals surface area contributed by atoms with Gasteiger partial charge in [-0.3, -0.25) is 0 Å². The second-order valence-electron chi connectivity index (χ2n) is 2.65. The van der Waals surface area contributed by atoms with Crippen molar-refractivity contribution in [3.63, 3.8) is 0 Å². The summed E-state index contributed by atoms with van der Waals surface area (Å²) in [6.45, 7) is 0. The van der Waals surface area contributed by atoms with Crippen molar-refractivity contribution in [3.05, 3.63) is 27.9 Å². The van der Waals surface area contributed by atoms with Crippen molar-refractivity contribution in [1.29, 1.82) is 0 Å². The van der Waals surface area contributed by atoms with Gasteiger partial charge >= 0.3 is 5.97 Å². The molecule has 0 radical (unpaired) electrons. The molecule has 0 saturated heterocycles. The van der Waals surface area contributed by atoms with Crippen LogP contribution in [-0.4, -0.2) is 23.4 Å². The molecule has 1 rings (SSSR count). The average molecular weight is 234 g/mol. The van der Waals surface area contributed by atoms with Crippen LogP contribution in [0.1, 0.15) is 10.4 Å². The topological polar surface area (TPSA) is 94.3 Å². The number of methoxy groups -OCH3 is 1. The molecule has 0 fully saturated rings. The van der Waals surface area contributed by atoms with Gasteiger partial charge in [0.25, 0.3) is 0 Å². The molecule has 15 heavy (non-hydrogen) atoms. The molecule has 0 aromatic heterocycles. The Balaban J connectivity index is 3.38. The zero-order chi connectivity index (χ0) is 11.6. The van der Waals surface area contributed by atoms with Crippen LogP contribution in [-0.2, 0) is 0 Å². The maximum Gasteiger partial charge on any atom is 0.339 e. The van der Waals surface area contributed by atoms with Gasteiger partial charge in [-0.15, -0.1) is 0 Å². The van der Waals surface area contributed by atoms with Crippen LogP contribution in [0.4, 0.5) is 5.69 Å². The Hall–Kier alpha value is -1.34. The summed E-state index contributed by atoms with van der Waals surface area (Å²) >= 11 is 5.67. The first kappa shape index (κ1) is 11.7. The van der Waals surface area contributed by atoms with E-state index < -0.39 is 11.2 Å². The summed E-state index contributed by atoms with van der Waals surface area (Å²) in [7, 11) is 1.26. The van der Waals surface area contributed by atoms with Gasteiger partial charge in [0.2, 0.25) is 0 Å². The minimum Gasteiger partial charge on any atom is -0.595 e. The lowest BCUT2D eigenvalue weighted by Gasteiger charge is -2.14. The SMILES string of the molecule is COc1c(Cl)cc([NH+]([O-])O)cc1C(=O)O. The molecular formula is C8H8ClNO5. The van der Waals surface area contributed by atoms with Crippen molar-refractivity contribution in [1.82, 2.24) is 0 Å². The smallest absolute Gasteiger partial charge is 0.339 e. The maximum absolute atomic E-state index is 10.8. The number of hydrogen-bond donors (Lipinski definition) is 3. The molecule has 1 aromatic carbocycles. The van der Waals surface area contributed by atoms with E-state index in [-0.39, 0.29) is 22.0 Å². The summed E-state index contributed by atoms with van der Waals surface area (Å²) in [5.74, 6) is -1.34. The largest absolute Gasteiger partial charge is 0.595 e. The Bertz CT molecular complexity index is 393. The predicted molar refractivity (Wildman–Crippen MR) is 50.7 cm³/mol. The van der Waals surface area contributed by atoms with Crippen LogP contribution in [0.15, 0.2) is 12.1 Å². The highest BCUT2D eigenvalue weighted by molar-refractivity contribution is 6.32. The lowest BCUT2D eigenvalue weighted by atomic mass is 10.2. The van der Waals surface area contributed by atoms with E-state index in [4.69, 9.17) is 26.7 Å². The van der Waals surface area contributed by atoms with E-state index in [0.717, 1.165) is 12.1 Å². The second kappa shape index (κ2) is 4.45. The quantitative estimate of drug-likeness (QED) is 0.659. The van der Waals surface area contributed by atoms with Crippen LogP contribution >= 0.6 is 11.6 Å². The van der Waals surface area contributed by atoms with Crippen LogP contribution in [0.25, 0.3) is 0 Å². The third kappa shape index (κ3) is 2.37. The van der Waals surface area contributed by atoms with E-state index in [1.54, 1.807) is 0 Å². The zero-order valence-corrected chi connectivity index (χ0v) is 8.41. The highest BCUT2D eigenvalue weighted by atomic mass is 35.5. The zero-order valence-electron chi connectivity index (χ0n) is 7.65. The lowest BCUT2D eigenvalue weighted by Crippen LogP contribution is -2.99. The Morgan fingerprint density at radius 2 is 2.20 bits per heavy atom. The van der Waals surface area contributed by atoms with Crippen LogP contribution < -0.4 is 9.96 Å². The molecule has 1 aromatic rings. The van der Waals surface area contributed by atoms with E-state index in [2.05, 4.69) is 0 Å². The number of carboxylic acid groups (broad SMARTS) is 1. The predicted octanol–water partition coefficient (Wildman–Crippen LogP) is 0.450. The van der Waals surface area contributed by atoms with Crippen LogP contribution in [0.2, 0.25) is 5.02 Å². The van der Waals surface area contributed by atoms with Crippen molar-refractivity contribution in [2.24, 2.45) is 0 Å². The number of halogens is 1. The van der Waals surface area contributed by atoms with Gasteiger partial charge in [-0.1, -0.05) is 11.6 Å². The molecule has 0 saturated carbocycles. The van der Waals surface area contributed by atoms with Gasteiger partial charge < -0.3 is 15.1 Å². The van der Waals surface area contributed by atoms with Crippen molar-refractivity contribution in [2.45, 2.75) is 0 Å². The molecule has 0 aliphatic carbocycles. The van der Waals surface area contributed by atoms with Gasteiger partial charge in [-0.2, -0.15) is 5.23 Å². The molecule has 3 N–H and O–H groups in total. The number of benzene rings is 1. The summed E-state index contributed by atoms with van der Waals surface area (Å²) in [6, 6.07) is 2.13. The first-order chi connectivity index (χ1) is 6.97. The van der Waals surface area contributed by atoms with Gasteiger partial charge in [0.05, 0.1) is 12.1 Å². The fourth-order valence-electron chi connectivity index (χ4n) is 1.08. The summed E-state index contributed by atoms with van der Waals surface area (Å²) in [5, 5.41) is 26.8. The molecular weight excluding hydrogens is 226 g/mol. The van der Waals surface area contributed by atoms with Crippen molar-refractivity contribution in [2.75, 3.05) is 7.11 Å². The van der Waals surface area contributed by atoms with E-state index in [1.807, 2.05) is 0 Å². The van der Waals surface area contributed by atoms with Crippen LogP contribution in [0, 0.1) is 5.21 Å². The highest BCUT2D eigenvalue weighted by Crippen LogP contribution is 2.30. The minimum absolute atomic E-state index is 0.0465. The molecule has 1 atom stereocenters. The molecule has 0 amide bonds. The number of carboxylic acids is 1. The molecule has 6 nitrogen and oxygen atoms in total. The van der Waals surface area contributed by atoms with E-state index in [9.17, 15) is 10.0 Å². The fraction of sp³-hybridized carbons (Fsp3) is 0.125. The van der Waals surface area contributed by atoms with E-state index >= 15 is 0 Å². The van der Waals surface area contributed by atoms with E-state index in [1.165, 1.54) is 7.11 Å². The number of nitrogens with one attached hydrogen (secondary N) is 1. The minimum atomic E-state index is -1.29. The Labute approximate surface area is 89.8 Å². The molecule has 0 aliphatic heterocycles. The van der Waals surface area contributed by atoms with Gasteiger partial charge in [0.1, 0.15) is 5.56 Å². The van der Waals surface area contributed by atoms with Gasteiger partial charge in [0.15, 0.2) is 11.4 Å². The Morgan fingerprint density at radius 1 is 1.60 bits per heavy atom. The van der Waals surface area contributed by atoms with E-state index in [0.29, 0.717) is 0 Å². The average Bonchev–Trinajstić information content (AvgIpc) is 2.16. The third-order valence-electron chi connectivity index (χ3n) is 1.73. The number of rotatable bonds is 3. The summed E-state index contributed by atoms with van der Waals surface area (Å²) < 4.78 is 4.77. The molecule has 82 valence electrons. The number of carbonyl (C=O) groups is 1. The number of quaternary nitrogens is 1. The summed E-state index contributed by atoms with van der Waals surface area (Å²) in [5.41, 5.74) is -0.472. The summed E-state index contributed by atoms with van der Waals surface area (Å²) in [4.78, 5) is 10.8. The molecule has 0 bridgehead atoms.